The molecule has 2 heterocycles. The lowest BCUT2D eigenvalue weighted by atomic mass is 9.94. The summed E-state index contributed by atoms with van der Waals surface area (Å²) < 4.78 is 6.38. The number of carbonyl (C=O) groups is 1. The van der Waals surface area contributed by atoms with Gasteiger partial charge in [-0.1, -0.05) is 32.1 Å². The van der Waals surface area contributed by atoms with Gasteiger partial charge in [-0.3, -0.25) is 4.79 Å². The summed E-state index contributed by atoms with van der Waals surface area (Å²) in [6.45, 7) is 7.43. The Morgan fingerprint density at radius 3 is 2.77 bits per heavy atom. The van der Waals surface area contributed by atoms with Crippen LogP contribution < -0.4 is 15.0 Å². The largest absolute Gasteiger partial charge is 0.497 e. The molecule has 0 radical (unpaired) electrons. The molecule has 1 aliphatic rings. The number of fused-ring (bicyclic) bond motifs is 1. The molecule has 1 saturated heterocycles. The van der Waals surface area contributed by atoms with Crippen LogP contribution in [0.3, 0.4) is 0 Å². The molecule has 2 aromatic rings. The van der Waals surface area contributed by atoms with Crippen molar-refractivity contribution < 1.29 is 9.53 Å². The third-order valence-corrected chi connectivity index (χ3v) is 4.85. The Morgan fingerprint density at radius 1 is 1.41 bits per heavy atom. The van der Waals surface area contributed by atoms with Gasteiger partial charge in [0, 0.05) is 24.6 Å². The third-order valence-electron chi connectivity index (χ3n) is 3.75. The first kappa shape index (κ1) is 15.1. The third kappa shape index (κ3) is 2.88. The van der Waals surface area contributed by atoms with Gasteiger partial charge in [-0.25, -0.2) is 4.98 Å². The summed E-state index contributed by atoms with van der Waals surface area (Å²) in [4.78, 5) is 18.8. The first-order chi connectivity index (χ1) is 10.4. The zero-order chi connectivity index (χ0) is 15.9. The van der Waals surface area contributed by atoms with Gasteiger partial charge in [0.15, 0.2) is 5.13 Å². The van der Waals surface area contributed by atoms with Gasteiger partial charge in [0.05, 0.1) is 23.4 Å². The van der Waals surface area contributed by atoms with E-state index in [2.05, 4.69) is 15.2 Å². The SMILES string of the molecule is COc1ccc2sc(N3CC(NC(=O)C(C)(C)C)C3)nc2c1. The summed E-state index contributed by atoms with van der Waals surface area (Å²) in [6.07, 6.45) is 0. The van der Waals surface area contributed by atoms with Gasteiger partial charge >= 0.3 is 0 Å². The molecule has 118 valence electrons. The van der Waals surface area contributed by atoms with Crippen LogP contribution in [0.5, 0.6) is 5.75 Å². The van der Waals surface area contributed by atoms with Gasteiger partial charge in [0.1, 0.15) is 5.75 Å². The first-order valence-electron chi connectivity index (χ1n) is 7.37. The van der Waals surface area contributed by atoms with Crippen LogP contribution in [0.4, 0.5) is 5.13 Å². The van der Waals surface area contributed by atoms with Crippen LogP contribution in [0.15, 0.2) is 18.2 Å². The normalized spacial score (nSPS) is 15.7. The Morgan fingerprint density at radius 2 is 2.14 bits per heavy atom. The highest BCUT2D eigenvalue weighted by atomic mass is 32.1. The van der Waals surface area contributed by atoms with Crippen LogP contribution in [0.25, 0.3) is 10.2 Å². The number of benzene rings is 1. The number of carbonyl (C=O) groups excluding carboxylic acids is 1. The zero-order valence-corrected chi connectivity index (χ0v) is 14.2. The number of nitrogens with zero attached hydrogens (tertiary/aromatic N) is 2. The molecule has 1 aromatic heterocycles. The van der Waals surface area contributed by atoms with Crippen molar-refractivity contribution in [3.05, 3.63) is 18.2 Å². The summed E-state index contributed by atoms with van der Waals surface area (Å²) >= 11 is 1.67. The summed E-state index contributed by atoms with van der Waals surface area (Å²) in [5.41, 5.74) is 0.619. The number of hydrogen-bond acceptors (Lipinski definition) is 5. The predicted molar refractivity (Wildman–Crippen MR) is 89.8 cm³/mol. The standard InChI is InChI=1S/C16H21N3O2S/c1-16(2,3)14(20)17-10-8-19(9-10)15-18-12-7-11(21-4)5-6-13(12)22-15/h5-7,10H,8-9H2,1-4H3,(H,17,20). The van der Waals surface area contributed by atoms with E-state index >= 15 is 0 Å². The molecule has 1 aliphatic heterocycles. The van der Waals surface area contributed by atoms with Crippen LogP contribution in [-0.2, 0) is 4.79 Å². The van der Waals surface area contributed by atoms with Crippen LogP contribution in [0, 0.1) is 5.41 Å². The van der Waals surface area contributed by atoms with E-state index in [4.69, 9.17) is 4.74 Å². The fourth-order valence-electron chi connectivity index (χ4n) is 2.29. The summed E-state index contributed by atoms with van der Waals surface area (Å²) in [7, 11) is 1.66. The number of ether oxygens (including phenoxy) is 1. The quantitative estimate of drug-likeness (QED) is 0.945. The van der Waals surface area contributed by atoms with E-state index in [9.17, 15) is 4.79 Å². The van der Waals surface area contributed by atoms with E-state index in [1.807, 2.05) is 39.0 Å². The maximum Gasteiger partial charge on any atom is 0.225 e. The number of nitrogens with one attached hydrogen (secondary N) is 1. The predicted octanol–water partition coefficient (Wildman–Crippen LogP) is 2.66. The minimum Gasteiger partial charge on any atom is -0.497 e. The maximum atomic E-state index is 12.0. The van der Waals surface area contributed by atoms with E-state index in [1.165, 1.54) is 0 Å². The molecule has 6 heteroatoms. The summed E-state index contributed by atoms with van der Waals surface area (Å²) in [5, 5.41) is 4.09. The highest BCUT2D eigenvalue weighted by Gasteiger charge is 2.32. The second-order valence-electron chi connectivity index (χ2n) is 6.66. The van der Waals surface area contributed by atoms with Crippen molar-refractivity contribution in [1.82, 2.24) is 10.3 Å². The lowest BCUT2D eigenvalue weighted by molar-refractivity contribution is -0.129. The molecule has 0 atom stereocenters. The number of anilines is 1. The van der Waals surface area contributed by atoms with Crippen molar-refractivity contribution in [3.63, 3.8) is 0 Å². The fraction of sp³-hybridized carbons (Fsp3) is 0.500. The fourth-order valence-corrected chi connectivity index (χ4v) is 3.25. The average Bonchev–Trinajstić information content (AvgIpc) is 2.82. The van der Waals surface area contributed by atoms with Gasteiger partial charge in [-0.15, -0.1) is 0 Å². The molecule has 0 spiro atoms. The number of rotatable bonds is 3. The topological polar surface area (TPSA) is 54.5 Å². The number of thiazole rings is 1. The Kier molecular flexibility index (Phi) is 3.72. The zero-order valence-electron chi connectivity index (χ0n) is 13.3. The van der Waals surface area contributed by atoms with Crippen molar-refractivity contribution in [2.75, 3.05) is 25.1 Å². The average molecular weight is 319 g/mol. The van der Waals surface area contributed by atoms with Crippen molar-refractivity contribution in [3.8, 4) is 5.75 Å². The van der Waals surface area contributed by atoms with E-state index in [-0.39, 0.29) is 17.4 Å². The monoisotopic (exact) mass is 319 g/mol. The molecule has 1 N–H and O–H groups in total. The molecule has 1 aromatic carbocycles. The molecule has 5 nitrogen and oxygen atoms in total. The van der Waals surface area contributed by atoms with Crippen molar-refractivity contribution >= 4 is 32.6 Å². The highest BCUT2D eigenvalue weighted by molar-refractivity contribution is 7.22. The number of hydrogen-bond donors (Lipinski definition) is 1. The second kappa shape index (κ2) is 5.43. The van der Waals surface area contributed by atoms with Crippen LogP contribution in [0.1, 0.15) is 20.8 Å². The van der Waals surface area contributed by atoms with Crippen LogP contribution >= 0.6 is 11.3 Å². The molecular weight excluding hydrogens is 298 g/mol. The van der Waals surface area contributed by atoms with E-state index < -0.39 is 0 Å². The van der Waals surface area contributed by atoms with Crippen molar-refractivity contribution in [1.29, 1.82) is 0 Å². The van der Waals surface area contributed by atoms with Crippen LogP contribution in [0.2, 0.25) is 0 Å². The minimum atomic E-state index is -0.340. The van der Waals surface area contributed by atoms with Crippen molar-refractivity contribution in [2.24, 2.45) is 5.41 Å². The molecule has 22 heavy (non-hydrogen) atoms. The Labute approximate surface area is 134 Å². The van der Waals surface area contributed by atoms with Gasteiger partial charge < -0.3 is 15.0 Å². The Hall–Kier alpha value is -1.82. The molecule has 3 rings (SSSR count). The van der Waals surface area contributed by atoms with Gasteiger partial charge in [0.2, 0.25) is 5.91 Å². The number of amides is 1. The molecule has 0 saturated carbocycles. The van der Waals surface area contributed by atoms with E-state index in [1.54, 1.807) is 18.4 Å². The van der Waals surface area contributed by atoms with E-state index in [0.717, 1.165) is 34.2 Å². The van der Waals surface area contributed by atoms with Gasteiger partial charge in [0.25, 0.3) is 0 Å². The molecule has 1 fully saturated rings. The first-order valence-corrected chi connectivity index (χ1v) is 8.19. The Balaban J connectivity index is 1.64. The minimum absolute atomic E-state index is 0.103. The Bertz CT molecular complexity index is 699. The summed E-state index contributed by atoms with van der Waals surface area (Å²) in [6, 6.07) is 6.16. The van der Waals surface area contributed by atoms with Crippen molar-refractivity contribution in [2.45, 2.75) is 26.8 Å². The molecular formula is C16H21N3O2S. The summed E-state index contributed by atoms with van der Waals surface area (Å²) in [5.74, 6) is 0.925. The van der Waals surface area contributed by atoms with Crippen LogP contribution in [-0.4, -0.2) is 37.1 Å². The van der Waals surface area contributed by atoms with E-state index in [0.29, 0.717) is 0 Å². The lowest BCUT2D eigenvalue weighted by Gasteiger charge is -2.40. The molecule has 1 amide bonds. The van der Waals surface area contributed by atoms with Gasteiger partial charge in [-0.05, 0) is 12.1 Å². The molecule has 0 bridgehead atoms. The van der Waals surface area contributed by atoms with Gasteiger partial charge in [-0.2, -0.15) is 0 Å². The smallest absolute Gasteiger partial charge is 0.225 e. The lowest BCUT2D eigenvalue weighted by Crippen LogP contribution is -2.60. The maximum absolute atomic E-state index is 12.0. The second-order valence-corrected chi connectivity index (χ2v) is 7.66. The molecule has 0 unspecified atom stereocenters. The number of methoxy groups -OCH3 is 1. The highest BCUT2D eigenvalue weighted by Crippen LogP contribution is 2.33. The number of aromatic nitrogens is 1. The molecule has 0 aliphatic carbocycles.